The van der Waals surface area contributed by atoms with Crippen LogP contribution < -0.4 is 4.74 Å². The van der Waals surface area contributed by atoms with Gasteiger partial charge in [-0.05, 0) is 31.4 Å². The van der Waals surface area contributed by atoms with Crippen LogP contribution in [0, 0.1) is 5.92 Å². The molecular formula is C19H26N2O2. The molecule has 1 heterocycles. The number of carbonyl (C=O) groups is 1. The summed E-state index contributed by atoms with van der Waals surface area (Å²) in [6.45, 7) is 6.21. The Bertz CT molecular complexity index is 620. The fourth-order valence-corrected chi connectivity index (χ4v) is 2.54. The normalized spacial score (nSPS) is 12.1. The number of aryl methyl sites for hydroxylation is 1. The Morgan fingerprint density at radius 1 is 1.22 bits per heavy atom. The summed E-state index contributed by atoms with van der Waals surface area (Å²) >= 11 is 0. The molecule has 2 rings (SSSR count). The first-order chi connectivity index (χ1) is 11.2. The maximum absolute atomic E-state index is 12.5. The summed E-state index contributed by atoms with van der Waals surface area (Å²) in [4.78, 5) is 12.5. The van der Waals surface area contributed by atoms with Gasteiger partial charge in [0.05, 0.1) is 17.3 Å². The number of hydrogen-bond donors (Lipinski definition) is 0. The number of rotatable bonds is 8. The lowest BCUT2D eigenvalue weighted by molar-refractivity contribution is -0.139. The quantitative estimate of drug-likeness (QED) is 0.671. The van der Waals surface area contributed by atoms with Crippen molar-refractivity contribution in [1.29, 1.82) is 0 Å². The number of hydrogen-bond acceptors (Lipinski definition) is 3. The Balaban J connectivity index is 2.22. The van der Waals surface area contributed by atoms with Crippen LogP contribution in [0.15, 0.2) is 36.4 Å². The van der Waals surface area contributed by atoms with Gasteiger partial charge in [-0.25, -0.2) is 4.68 Å². The van der Waals surface area contributed by atoms with Gasteiger partial charge < -0.3 is 4.74 Å². The van der Waals surface area contributed by atoms with Gasteiger partial charge in [0, 0.05) is 6.07 Å². The highest BCUT2D eigenvalue weighted by molar-refractivity contribution is 5.74. The average Bonchev–Trinajstić information content (AvgIpc) is 2.99. The molecule has 0 saturated carbocycles. The summed E-state index contributed by atoms with van der Waals surface area (Å²) in [6.07, 6.45) is 4.62. The molecule has 1 unspecified atom stereocenters. The molecule has 2 aromatic rings. The molecule has 1 aromatic heterocycles. The van der Waals surface area contributed by atoms with E-state index in [-0.39, 0.29) is 11.9 Å². The van der Waals surface area contributed by atoms with E-state index in [4.69, 9.17) is 4.74 Å². The van der Waals surface area contributed by atoms with Crippen molar-refractivity contribution in [1.82, 2.24) is 9.78 Å². The van der Waals surface area contributed by atoms with Gasteiger partial charge in [-0.2, -0.15) is 5.10 Å². The summed E-state index contributed by atoms with van der Waals surface area (Å²) in [6, 6.07) is 11.6. The van der Waals surface area contributed by atoms with Gasteiger partial charge in [-0.3, -0.25) is 4.79 Å². The molecule has 1 aromatic carbocycles. The van der Waals surface area contributed by atoms with E-state index in [1.807, 2.05) is 50.2 Å². The van der Waals surface area contributed by atoms with Gasteiger partial charge >= 0.3 is 5.97 Å². The fourth-order valence-electron chi connectivity index (χ4n) is 2.54. The molecule has 0 aliphatic heterocycles. The van der Waals surface area contributed by atoms with Crippen molar-refractivity contribution >= 4 is 5.97 Å². The molecule has 4 heteroatoms. The lowest BCUT2D eigenvalue weighted by Crippen LogP contribution is -2.21. The summed E-state index contributed by atoms with van der Waals surface area (Å²) in [5, 5.41) is 4.54. The largest absolute Gasteiger partial charge is 0.407 e. The number of benzene rings is 1. The van der Waals surface area contributed by atoms with E-state index in [1.54, 1.807) is 4.68 Å². The van der Waals surface area contributed by atoms with E-state index in [0.29, 0.717) is 5.88 Å². The molecule has 0 radical (unpaired) electrons. The first kappa shape index (κ1) is 17.3. The topological polar surface area (TPSA) is 44.1 Å². The zero-order valence-corrected chi connectivity index (χ0v) is 14.3. The van der Waals surface area contributed by atoms with E-state index in [9.17, 15) is 4.79 Å². The van der Waals surface area contributed by atoms with E-state index < -0.39 is 0 Å². The minimum atomic E-state index is -0.152. The standard InChI is InChI=1S/C19H26N2O2/c1-4-7-11-15(5-2)19(22)23-18-14-16(6-3)20-21(18)17-12-9-8-10-13-17/h8-10,12-15H,4-7,11H2,1-3H3. The Labute approximate surface area is 138 Å². The van der Waals surface area contributed by atoms with E-state index in [2.05, 4.69) is 12.0 Å². The van der Waals surface area contributed by atoms with Gasteiger partial charge in [0.25, 0.3) is 0 Å². The predicted octanol–water partition coefficient (Wildman–Crippen LogP) is 4.56. The fraction of sp³-hybridized carbons (Fsp3) is 0.474. The number of nitrogens with zero attached hydrogens (tertiary/aromatic N) is 2. The molecule has 4 nitrogen and oxygen atoms in total. The van der Waals surface area contributed by atoms with E-state index >= 15 is 0 Å². The van der Waals surface area contributed by atoms with Gasteiger partial charge in [0.1, 0.15) is 0 Å². The minimum Gasteiger partial charge on any atom is -0.407 e. The Morgan fingerprint density at radius 3 is 2.57 bits per heavy atom. The van der Waals surface area contributed by atoms with Crippen molar-refractivity contribution in [3.63, 3.8) is 0 Å². The maximum Gasteiger partial charge on any atom is 0.315 e. The lowest BCUT2D eigenvalue weighted by atomic mass is 10.00. The van der Waals surface area contributed by atoms with Crippen LogP contribution in [0.1, 0.15) is 52.1 Å². The second-order valence-corrected chi connectivity index (χ2v) is 5.74. The second-order valence-electron chi connectivity index (χ2n) is 5.74. The Kier molecular flexibility index (Phi) is 6.39. The summed E-state index contributed by atoms with van der Waals surface area (Å²) in [5.74, 6) is 0.313. The van der Waals surface area contributed by atoms with Gasteiger partial charge in [-0.15, -0.1) is 0 Å². The Hall–Kier alpha value is -2.10. The van der Waals surface area contributed by atoms with Crippen molar-refractivity contribution in [3.05, 3.63) is 42.1 Å². The zero-order valence-electron chi connectivity index (χ0n) is 14.3. The van der Waals surface area contributed by atoms with Crippen molar-refractivity contribution < 1.29 is 9.53 Å². The van der Waals surface area contributed by atoms with Crippen molar-refractivity contribution in [2.45, 2.75) is 52.9 Å². The van der Waals surface area contributed by atoms with Crippen molar-refractivity contribution in [3.8, 4) is 11.6 Å². The SMILES string of the molecule is CCCCC(CC)C(=O)Oc1cc(CC)nn1-c1ccccc1. The number of carbonyl (C=O) groups excluding carboxylic acids is 1. The third kappa shape index (κ3) is 4.44. The third-order valence-electron chi connectivity index (χ3n) is 4.03. The first-order valence-corrected chi connectivity index (χ1v) is 8.55. The summed E-state index contributed by atoms with van der Waals surface area (Å²) < 4.78 is 7.41. The number of ether oxygens (including phenoxy) is 1. The van der Waals surface area contributed by atoms with Crippen LogP contribution >= 0.6 is 0 Å². The summed E-state index contributed by atoms with van der Waals surface area (Å²) in [5.41, 5.74) is 1.81. The zero-order chi connectivity index (χ0) is 16.7. The molecule has 0 amide bonds. The van der Waals surface area contributed by atoms with Crippen molar-refractivity contribution in [2.75, 3.05) is 0 Å². The van der Waals surface area contributed by atoms with Crippen LogP contribution in [0.4, 0.5) is 0 Å². The number of esters is 1. The number of aromatic nitrogens is 2. The second kappa shape index (κ2) is 8.51. The molecule has 0 aliphatic carbocycles. The molecule has 0 aliphatic rings. The molecule has 1 atom stereocenters. The molecule has 0 bridgehead atoms. The van der Waals surface area contributed by atoms with Crippen LogP contribution in [-0.4, -0.2) is 15.7 Å². The third-order valence-corrected chi connectivity index (χ3v) is 4.03. The number of para-hydroxylation sites is 1. The van der Waals surface area contributed by atoms with E-state index in [0.717, 1.165) is 43.5 Å². The molecule has 0 saturated heterocycles. The molecule has 0 fully saturated rings. The van der Waals surface area contributed by atoms with Crippen LogP contribution in [-0.2, 0) is 11.2 Å². The first-order valence-electron chi connectivity index (χ1n) is 8.55. The molecular weight excluding hydrogens is 288 g/mol. The highest BCUT2D eigenvalue weighted by Crippen LogP contribution is 2.22. The maximum atomic E-state index is 12.5. The number of unbranched alkanes of at least 4 members (excludes halogenated alkanes) is 1. The summed E-state index contributed by atoms with van der Waals surface area (Å²) in [7, 11) is 0. The molecule has 0 spiro atoms. The lowest BCUT2D eigenvalue weighted by Gasteiger charge is -2.14. The smallest absolute Gasteiger partial charge is 0.315 e. The van der Waals surface area contributed by atoms with Crippen LogP contribution in [0.2, 0.25) is 0 Å². The van der Waals surface area contributed by atoms with Crippen molar-refractivity contribution in [2.24, 2.45) is 5.92 Å². The van der Waals surface area contributed by atoms with Gasteiger partial charge in [0.15, 0.2) is 0 Å². The van der Waals surface area contributed by atoms with Crippen LogP contribution in [0.3, 0.4) is 0 Å². The highest BCUT2D eigenvalue weighted by Gasteiger charge is 2.21. The molecule has 124 valence electrons. The molecule has 23 heavy (non-hydrogen) atoms. The van der Waals surface area contributed by atoms with Gasteiger partial charge in [-0.1, -0.05) is 51.8 Å². The van der Waals surface area contributed by atoms with Gasteiger partial charge in [0.2, 0.25) is 5.88 Å². The molecule has 0 N–H and O–H groups in total. The Morgan fingerprint density at radius 2 is 1.96 bits per heavy atom. The predicted molar refractivity (Wildman–Crippen MR) is 91.9 cm³/mol. The van der Waals surface area contributed by atoms with Crippen LogP contribution in [0.25, 0.3) is 5.69 Å². The average molecular weight is 314 g/mol. The van der Waals surface area contributed by atoms with E-state index in [1.165, 1.54) is 0 Å². The van der Waals surface area contributed by atoms with Crippen LogP contribution in [0.5, 0.6) is 5.88 Å². The highest BCUT2D eigenvalue weighted by atomic mass is 16.5. The monoisotopic (exact) mass is 314 g/mol. The minimum absolute atomic E-state index is 0.0425.